The second-order valence-corrected chi connectivity index (χ2v) is 12.6. The summed E-state index contributed by atoms with van der Waals surface area (Å²) in [4.78, 5) is 48.7. The third-order valence-corrected chi connectivity index (χ3v) is 9.88. The summed E-state index contributed by atoms with van der Waals surface area (Å²) >= 11 is 0. The Balaban J connectivity index is 1.82. The Morgan fingerprint density at radius 3 is 2.37 bits per heavy atom. The van der Waals surface area contributed by atoms with Crippen molar-refractivity contribution in [3.63, 3.8) is 0 Å². The van der Waals surface area contributed by atoms with Crippen LogP contribution in [0.1, 0.15) is 60.8 Å². The van der Waals surface area contributed by atoms with E-state index in [9.17, 15) is 19.5 Å². The molecule has 3 amide bonds. The lowest BCUT2D eigenvalue weighted by atomic mass is 9.62. The largest absolute Gasteiger partial charge is 0.494 e. The van der Waals surface area contributed by atoms with E-state index in [1.54, 1.807) is 28.9 Å². The number of aliphatic hydroxyl groups excluding tert-OH is 1. The van der Waals surface area contributed by atoms with Crippen LogP contribution in [-0.2, 0) is 19.1 Å². The van der Waals surface area contributed by atoms with E-state index in [1.807, 2.05) is 52.0 Å². The fourth-order valence-corrected chi connectivity index (χ4v) is 7.76. The summed E-state index contributed by atoms with van der Waals surface area (Å²) in [5, 5.41) is 10.3. The number of ether oxygens (including phenoxy) is 2. The predicted molar refractivity (Wildman–Crippen MR) is 167 cm³/mol. The number of fused-ring (bicyclic) bond motifs is 1. The molecule has 1 aromatic rings. The van der Waals surface area contributed by atoms with Gasteiger partial charge < -0.3 is 29.3 Å². The first kappa shape index (κ1) is 32.7. The molecule has 9 nitrogen and oxygen atoms in total. The number of carbonyl (C=O) groups excluding carboxylic acids is 3. The second kappa shape index (κ2) is 12.8. The Morgan fingerprint density at radius 2 is 1.81 bits per heavy atom. The minimum absolute atomic E-state index is 0.0841. The van der Waals surface area contributed by atoms with Crippen molar-refractivity contribution in [3.05, 3.63) is 49.6 Å². The van der Waals surface area contributed by atoms with Gasteiger partial charge in [-0.1, -0.05) is 32.4 Å². The first-order chi connectivity index (χ1) is 20.5. The number of carbonyl (C=O) groups is 3. The second-order valence-electron chi connectivity index (χ2n) is 12.6. The van der Waals surface area contributed by atoms with Crippen LogP contribution >= 0.6 is 0 Å². The molecule has 3 saturated heterocycles. The van der Waals surface area contributed by atoms with E-state index >= 15 is 0 Å². The molecule has 2 bridgehead atoms. The zero-order valence-corrected chi connectivity index (χ0v) is 26.6. The minimum Gasteiger partial charge on any atom is -0.494 e. The monoisotopic (exact) mass is 595 g/mol. The SMILES string of the molecule is C=CCN(C(=O)[C@H]1[C@H]2C(=O)N([C@H](C)CO)C(C(=O)N(CC=C)C(C)CCC)C23CC(C)[C@]1(C)O3)c1ccc(OCC)cc1. The maximum atomic E-state index is 14.7. The van der Waals surface area contributed by atoms with Gasteiger partial charge >= 0.3 is 0 Å². The van der Waals surface area contributed by atoms with Crippen LogP contribution in [0, 0.1) is 17.8 Å². The zero-order chi connectivity index (χ0) is 31.7. The topological polar surface area (TPSA) is 99.6 Å². The highest BCUT2D eigenvalue weighted by atomic mass is 16.5. The predicted octanol–water partition coefficient (Wildman–Crippen LogP) is 4.20. The molecule has 0 aliphatic carbocycles. The molecular formula is C34H49N3O6. The average Bonchev–Trinajstić information content (AvgIpc) is 3.50. The molecule has 0 aromatic heterocycles. The zero-order valence-electron chi connectivity index (χ0n) is 26.6. The van der Waals surface area contributed by atoms with Crippen molar-refractivity contribution in [2.75, 3.05) is 31.2 Å². The summed E-state index contributed by atoms with van der Waals surface area (Å²) in [7, 11) is 0. The van der Waals surface area contributed by atoms with E-state index in [0.717, 1.165) is 12.8 Å². The van der Waals surface area contributed by atoms with Crippen LogP contribution in [0.4, 0.5) is 5.69 Å². The van der Waals surface area contributed by atoms with Crippen molar-refractivity contribution in [2.24, 2.45) is 17.8 Å². The highest BCUT2D eigenvalue weighted by Gasteiger charge is 2.80. The third kappa shape index (κ3) is 5.29. The van der Waals surface area contributed by atoms with Crippen LogP contribution in [0.3, 0.4) is 0 Å². The van der Waals surface area contributed by atoms with Crippen molar-refractivity contribution in [2.45, 2.75) is 90.1 Å². The smallest absolute Gasteiger partial charge is 0.248 e. The number of benzene rings is 1. The van der Waals surface area contributed by atoms with E-state index < -0.39 is 35.1 Å². The molecule has 4 rings (SSSR count). The lowest BCUT2D eigenvalue weighted by Gasteiger charge is -2.40. The van der Waals surface area contributed by atoms with E-state index in [2.05, 4.69) is 20.1 Å². The summed E-state index contributed by atoms with van der Waals surface area (Å²) in [6.07, 6.45) is 5.51. The van der Waals surface area contributed by atoms with Crippen LogP contribution < -0.4 is 9.64 Å². The van der Waals surface area contributed by atoms with Crippen molar-refractivity contribution >= 4 is 23.4 Å². The fourth-order valence-electron chi connectivity index (χ4n) is 7.76. The molecule has 0 saturated carbocycles. The summed E-state index contributed by atoms with van der Waals surface area (Å²) in [5.41, 5.74) is -1.51. The standard InChI is InChI=1S/C34H49N3O6/c1-9-13-23(6)35(18-10-2)32(41)29-34-20-22(5)33(8,43-34)27(28(34)31(40)37(29)24(7)21-38)30(39)36(19-11-3)25-14-16-26(17-15-25)42-12-4/h10-11,14-17,22-24,27-29,38H,2-3,9,12-13,18-21H2,1,4-8H3/t22?,23?,24-,27-,28+,29?,33+,34?/m1/s1. The van der Waals surface area contributed by atoms with Gasteiger partial charge in [-0.25, -0.2) is 0 Å². The molecule has 8 atom stereocenters. The number of hydrogen-bond donors (Lipinski definition) is 1. The molecule has 43 heavy (non-hydrogen) atoms. The molecule has 3 fully saturated rings. The van der Waals surface area contributed by atoms with Gasteiger partial charge in [-0.05, 0) is 70.7 Å². The number of anilines is 1. The molecule has 1 aromatic carbocycles. The molecule has 3 heterocycles. The normalized spacial score (nSPS) is 30.5. The Morgan fingerprint density at radius 1 is 1.16 bits per heavy atom. The average molecular weight is 596 g/mol. The van der Waals surface area contributed by atoms with E-state index in [0.29, 0.717) is 31.0 Å². The quantitative estimate of drug-likeness (QED) is 0.324. The number of aliphatic hydroxyl groups is 1. The van der Waals surface area contributed by atoms with E-state index in [4.69, 9.17) is 9.47 Å². The van der Waals surface area contributed by atoms with Gasteiger partial charge in [-0.2, -0.15) is 0 Å². The number of nitrogens with zero attached hydrogens (tertiary/aromatic N) is 3. The first-order valence-electron chi connectivity index (χ1n) is 15.7. The van der Waals surface area contributed by atoms with Crippen molar-refractivity contribution in [3.8, 4) is 5.75 Å². The van der Waals surface area contributed by atoms with Gasteiger partial charge in [0.1, 0.15) is 17.4 Å². The fraction of sp³-hybridized carbons (Fsp3) is 0.618. The van der Waals surface area contributed by atoms with Crippen LogP contribution in [0.5, 0.6) is 5.75 Å². The molecule has 3 aliphatic heterocycles. The molecular weight excluding hydrogens is 546 g/mol. The molecule has 4 unspecified atom stereocenters. The Kier molecular flexibility index (Phi) is 9.76. The van der Waals surface area contributed by atoms with Gasteiger partial charge in [0.25, 0.3) is 0 Å². The van der Waals surface area contributed by atoms with Crippen molar-refractivity contribution in [1.29, 1.82) is 0 Å². The molecule has 3 aliphatic rings. The highest BCUT2D eigenvalue weighted by molar-refractivity contribution is 6.03. The van der Waals surface area contributed by atoms with Crippen LogP contribution in [0.2, 0.25) is 0 Å². The molecule has 1 N–H and O–H groups in total. The highest BCUT2D eigenvalue weighted by Crippen LogP contribution is 2.66. The number of rotatable bonds is 14. The Bertz CT molecular complexity index is 1220. The maximum Gasteiger partial charge on any atom is 0.248 e. The Labute approximate surface area is 256 Å². The van der Waals surface area contributed by atoms with E-state index in [-0.39, 0.29) is 42.8 Å². The number of hydrogen-bond acceptors (Lipinski definition) is 6. The van der Waals surface area contributed by atoms with Crippen LogP contribution in [-0.4, -0.2) is 88.3 Å². The summed E-state index contributed by atoms with van der Waals surface area (Å²) in [6, 6.07) is 5.60. The molecule has 1 spiro atoms. The summed E-state index contributed by atoms with van der Waals surface area (Å²) in [5.74, 6) is -1.89. The van der Waals surface area contributed by atoms with Crippen molar-refractivity contribution < 1.29 is 29.0 Å². The van der Waals surface area contributed by atoms with Gasteiger partial charge in [-0.3, -0.25) is 14.4 Å². The van der Waals surface area contributed by atoms with Gasteiger partial charge in [0.05, 0.1) is 36.7 Å². The van der Waals surface area contributed by atoms with Gasteiger partial charge in [0.2, 0.25) is 17.7 Å². The lowest BCUT2D eigenvalue weighted by Crippen LogP contribution is -2.59. The van der Waals surface area contributed by atoms with Crippen LogP contribution in [0.25, 0.3) is 0 Å². The maximum absolute atomic E-state index is 14.7. The van der Waals surface area contributed by atoms with Crippen molar-refractivity contribution in [1.82, 2.24) is 9.80 Å². The van der Waals surface area contributed by atoms with Gasteiger partial charge in [-0.15, -0.1) is 13.2 Å². The van der Waals surface area contributed by atoms with Crippen LogP contribution in [0.15, 0.2) is 49.6 Å². The minimum atomic E-state index is -1.20. The van der Waals surface area contributed by atoms with Gasteiger partial charge in [0, 0.05) is 24.8 Å². The van der Waals surface area contributed by atoms with E-state index in [1.165, 1.54) is 4.90 Å². The summed E-state index contributed by atoms with van der Waals surface area (Å²) < 4.78 is 12.5. The molecule has 0 radical (unpaired) electrons. The lowest BCUT2D eigenvalue weighted by molar-refractivity contribution is -0.156. The first-order valence-corrected chi connectivity index (χ1v) is 15.7. The third-order valence-electron chi connectivity index (χ3n) is 9.88. The summed E-state index contributed by atoms with van der Waals surface area (Å²) in [6.45, 7) is 20.2. The number of likely N-dealkylation sites (tertiary alicyclic amines) is 1. The van der Waals surface area contributed by atoms with Gasteiger partial charge in [0.15, 0.2) is 0 Å². The molecule has 9 heteroatoms. The Hall–Kier alpha value is -3.17. The molecule has 236 valence electrons. The number of amides is 3.